The predicted molar refractivity (Wildman–Crippen MR) is 49.5 cm³/mol. The quantitative estimate of drug-likeness (QED) is 0.495. The molecule has 0 saturated carbocycles. The number of rotatable bonds is 0. The molecule has 1 nitrogen and oxygen atoms in total. The smallest absolute Gasteiger partial charge is 0.204 e. The van der Waals surface area contributed by atoms with Crippen LogP contribution in [-0.2, 0) is 0 Å². The summed E-state index contributed by atoms with van der Waals surface area (Å²) < 4.78 is 37.0. The Hall–Kier alpha value is 0.400. The van der Waals surface area contributed by atoms with Gasteiger partial charge in [-0.3, -0.25) is 0 Å². The zero-order chi connectivity index (χ0) is 8.59. The molecule has 0 saturated heterocycles. The first kappa shape index (κ1) is 9.49. The van der Waals surface area contributed by atoms with Crippen LogP contribution in [-0.4, -0.2) is 4.98 Å². The first-order chi connectivity index (χ1) is 5.04. The molecule has 1 rings (SSSR count). The second kappa shape index (κ2) is 3.42. The summed E-state index contributed by atoms with van der Waals surface area (Å²) in [6, 6.07) is 0. The van der Waals surface area contributed by atoms with Gasteiger partial charge in [-0.15, -0.1) is 0 Å². The van der Waals surface area contributed by atoms with Crippen LogP contribution in [0.3, 0.4) is 0 Å². The molecule has 0 amide bonds. The van der Waals surface area contributed by atoms with E-state index in [1.165, 1.54) is 45.2 Å². The van der Waals surface area contributed by atoms with E-state index in [0.717, 1.165) is 0 Å². The van der Waals surface area contributed by atoms with E-state index in [9.17, 15) is 13.2 Å². The van der Waals surface area contributed by atoms with Crippen molar-refractivity contribution in [2.24, 2.45) is 0 Å². The number of nitrogens with zero attached hydrogens (tertiary/aromatic N) is 1. The molecular weight excluding hydrogens is 385 g/mol. The summed E-state index contributed by atoms with van der Waals surface area (Å²) in [6.07, 6.45) is 0. The van der Waals surface area contributed by atoms with Crippen molar-refractivity contribution in [3.8, 4) is 0 Å². The summed E-state index contributed by atoms with van der Waals surface area (Å²) in [5.41, 5.74) is 0. The summed E-state index contributed by atoms with van der Waals surface area (Å²) in [5.74, 6) is -3.11. The molecule has 0 aliphatic carbocycles. The Morgan fingerprint density at radius 2 is 1.27 bits per heavy atom. The van der Waals surface area contributed by atoms with E-state index in [2.05, 4.69) is 4.98 Å². The molecule has 0 atom stereocenters. The Morgan fingerprint density at radius 3 is 1.64 bits per heavy atom. The number of hydrogen-bond donors (Lipinski definition) is 0. The summed E-state index contributed by atoms with van der Waals surface area (Å²) in [7, 11) is 0. The van der Waals surface area contributed by atoms with Crippen LogP contribution < -0.4 is 0 Å². The first-order valence-corrected chi connectivity index (χ1v) is 4.55. The lowest BCUT2D eigenvalue weighted by Crippen LogP contribution is -2.01. The number of hydrogen-bond acceptors (Lipinski definition) is 1. The van der Waals surface area contributed by atoms with Gasteiger partial charge in [-0.05, 0) is 45.2 Å². The second-order valence-electron chi connectivity index (χ2n) is 1.64. The van der Waals surface area contributed by atoms with Crippen LogP contribution in [0.15, 0.2) is 0 Å². The fourth-order valence-electron chi connectivity index (χ4n) is 0.462. The van der Waals surface area contributed by atoms with E-state index < -0.39 is 17.7 Å². The molecule has 0 unspecified atom stereocenters. The van der Waals surface area contributed by atoms with Crippen LogP contribution in [0.5, 0.6) is 0 Å². The van der Waals surface area contributed by atoms with Gasteiger partial charge in [0.1, 0.15) is 7.14 Å². The topological polar surface area (TPSA) is 12.9 Å². The lowest BCUT2D eigenvalue weighted by molar-refractivity contribution is 0.471. The minimum absolute atomic E-state index is 0.284. The van der Waals surface area contributed by atoms with E-state index in [-0.39, 0.29) is 7.14 Å². The summed E-state index contributed by atoms with van der Waals surface area (Å²) in [5, 5.41) is 0. The van der Waals surface area contributed by atoms with Crippen molar-refractivity contribution in [3.63, 3.8) is 0 Å². The normalized spacial score (nSPS) is 10.3. The van der Waals surface area contributed by atoms with Crippen molar-refractivity contribution in [2.75, 3.05) is 0 Å². The Labute approximate surface area is 87.7 Å². The Morgan fingerprint density at radius 1 is 0.909 bits per heavy atom. The van der Waals surface area contributed by atoms with Crippen LogP contribution in [0.25, 0.3) is 0 Å². The maximum atomic E-state index is 12.7. The van der Waals surface area contributed by atoms with Crippen molar-refractivity contribution in [3.05, 3.63) is 24.9 Å². The summed E-state index contributed by atoms with van der Waals surface area (Å²) in [6.45, 7) is 0. The van der Waals surface area contributed by atoms with Crippen molar-refractivity contribution in [1.29, 1.82) is 0 Å². The summed E-state index contributed by atoms with van der Waals surface area (Å²) in [4.78, 5) is 2.85. The molecule has 1 heterocycles. The molecule has 0 aromatic carbocycles. The van der Waals surface area contributed by atoms with Gasteiger partial charge in [0.2, 0.25) is 11.9 Å². The van der Waals surface area contributed by atoms with Gasteiger partial charge in [0.05, 0.1) is 0 Å². The zero-order valence-electron chi connectivity index (χ0n) is 4.84. The van der Waals surface area contributed by atoms with Gasteiger partial charge in [-0.1, -0.05) is 0 Å². The van der Waals surface area contributed by atoms with E-state index in [1.54, 1.807) is 0 Å². The Kier molecular flexibility index (Phi) is 2.95. The predicted octanol–water partition coefficient (Wildman–Crippen LogP) is 2.71. The molecule has 0 fully saturated rings. The highest BCUT2D eigenvalue weighted by atomic mass is 127. The number of aromatic nitrogens is 1. The van der Waals surface area contributed by atoms with Gasteiger partial charge in [0.15, 0.2) is 5.82 Å². The minimum atomic E-state index is -1.11. The maximum Gasteiger partial charge on any atom is 0.232 e. The fourth-order valence-corrected chi connectivity index (χ4v) is 1.76. The van der Waals surface area contributed by atoms with Crippen LogP contribution in [0.4, 0.5) is 13.2 Å². The molecule has 60 valence electrons. The third-order valence-electron chi connectivity index (χ3n) is 0.944. The lowest BCUT2D eigenvalue weighted by Gasteiger charge is -1.98. The standard InChI is InChI=1S/C5F3I2N/c6-1-2(9)4(7)11-5(8)3(1)10. The summed E-state index contributed by atoms with van der Waals surface area (Å²) >= 11 is 2.85. The molecule has 0 N–H and O–H groups in total. The minimum Gasteiger partial charge on any atom is -0.204 e. The third kappa shape index (κ3) is 1.76. The van der Waals surface area contributed by atoms with Crippen LogP contribution in [0.1, 0.15) is 0 Å². The van der Waals surface area contributed by atoms with Crippen molar-refractivity contribution in [2.45, 2.75) is 0 Å². The lowest BCUT2D eigenvalue weighted by atomic mass is 10.5. The van der Waals surface area contributed by atoms with Gasteiger partial charge in [0, 0.05) is 0 Å². The highest BCUT2D eigenvalue weighted by molar-refractivity contribution is 14.1. The van der Waals surface area contributed by atoms with Gasteiger partial charge < -0.3 is 0 Å². The molecule has 0 aliphatic heterocycles. The third-order valence-corrected chi connectivity index (χ3v) is 2.78. The molecule has 6 heteroatoms. The van der Waals surface area contributed by atoms with Crippen LogP contribution in [0, 0.1) is 24.9 Å². The van der Waals surface area contributed by atoms with Gasteiger partial charge in [-0.2, -0.15) is 13.8 Å². The Balaban J connectivity index is 3.46. The van der Waals surface area contributed by atoms with E-state index in [0.29, 0.717) is 0 Å². The molecular formula is C5F3I2N. The molecule has 0 spiro atoms. The van der Waals surface area contributed by atoms with Crippen LogP contribution >= 0.6 is 45.2 Å². The van der Waals surface area contributed by atoms with Gasteiger partial charge in [-0.25, -0.2) is 4.39 Å². The molecule has 11 heavy (non-hydrogen) atoms. The highest BCUT2D eigenvalue weighted by Crippen LogP contribution is 2.20. The molecule has 0 aliphatic rings. The largest absolute Gasteiger partial charge is 0.232 e. The molecule has 1 aromatic heterocycles. The second-order valence-corrected chi connectivity index (χ2v) is 3.79. The first-order valence-electron chi connectivity index (χ1n) is 2.39. The van der Waals surface area contributed by atoms with Crippen molar-refractivity contribution >= 4 is 45.2 Å². The molecule has 0 radical (unpaired) electrons. The average Bonchev–Trinajstić information content (AvgIpc) is 1.97. The number of pyridine rings is 1. The van der Waals surface area contributed by atoms with Crippen molar-refractivity contribution < 1.29 is 13.2 Å². The molecule has 0 bridgehead atoms. The van der Waals surface area contributed by atoms with E-state index in [4.69, 9.17) is 0 Å². The highest BCUT2D eigenvalue weighted by Gasteiger charge is 2.15. The SMILES string of the molecule is Fc1nc(F)c(I)c(F)c1I. The van der Waals surface area contributed by atoms with Crippen LogP contribution in [0.2, 0.25) is 0 Å². The van der Waals surface area contributed by atoms with E-state index in [1.807, 2.05) is 0 Å². The van der Waals surface area contributed by atoms with Crippen molar-refractivity contribution in [1.82, 2.24) is 4.98 Å². The Bertz CT molecular complexity index is 276. The maximum absolute atomic E-state index is 12.7. The monoisotopic (exact) mass is 385 g/mol. The average molecular weight is 385 g/mol. The number of halogens is 5. The van der Waals surface area contributed by atoms with Gasteiger partial charge in [0.25, 0.3) is 0 Å². The fraction of sp³-hybridized carbons (Fsp3) is 0. The van der Waals surface area contributed by atoms with E-state index >= 15 is 0 Å². The zero-order valence-corrected chi connectivity index (χ0v) is 9.15. The molecule has 1 aromatic rings. The van der Waals surface area contributed by atoms with Gasteiger partial charge >= 0.3 is 0 Å².